The zero-order valence-electron chi connectivity index (χ0n) is 13.7. The SMILES string of the molecule is O=C(O)CCC(=O)OS(=O)(=O)c1ccc2c(c1)C(=O)c1ccccc1C2=O. The van der Waals surface area contributed by atoms with Crippen LogP contribution in [0.1, 0.15) is 44.7 Å². The summed E-state index contributed by atoms with van der Waals surface area (Å²) < 4.78 is 28.8. The number of ketones is 2. The van der Waals surface area contributed by atoms with E-state index in [2.05, 4.69) is 4.18 Å². The molecule has 1 aliphatic carbocycles. The Hall–Kier alpha value is -3.33. The summed E-state index contributed by atoms with van der Waals surface area (Å²) >= 11 is 0. The lowest BCUT2D eigenvalue weighted by atomic mass is 9.84. The summed E-state index contributed by atoms with van der Waals surface area (Å²) in [6.07, 6.45) is -1.20. The van der Waals surface area contributed by atoms with E-state index in [9.17, 15) is 27.6 Å². The normalized spacial score (nSPS) is 12.9. The molecule has 27 heavy (non-hydrogen) atoms. The van der Waals surface area contributed by atoms with Crippen LogP contribution in [-0.2, 0) is 23.9 Å². The summed E-state index contributed by atoms with van der Waals surface area (Å²) in [6.45, 7) is 0. The Kier molecular flexibility index (Phi) is 4.63. The minimum atomic E-state index is -4.57. The van der Waals surface area contributed by atoms with Gasteiger partial charge in [0.1, 0.15) is 4.90 Å². The molecule has 0 amide bonds. The zero-order chi connectivity index (χ0) is 19.8. The Morgan fingerprint density at radius 2 is 1.41 bits per heavy atom. The van der Waals surface area contributed by atoms with Crippen molar-refractivity contribution < 1.29 is 36.9 Å². The van der Waals surface area contributed by atoms with Gasteiger partial charge in [0.2, 0.25) is 0 Å². The predicted molar refractivity (Wildman–Crippen MR) is 89.9 cm³/mol. The number of carboxylic acids is 1. The van der Waals surface area contributed by atoms with Crippen LogP contribution in [0.3, 0.4) is 0 Å². The maximum absolute atomic E-state index is 12.6. The van der Waals surface area contributed by atoms with Gasteiger partial charge in [-0.05, 0) is 18.2 Å². The maximum atomic E-state index is 12.6. The fourth-order valence-electron chi connectivity index (χ4n) is 2.66. The molecule has 2 aromatic carbocycles. The summed E-state index contributed by atoms with van der Waals surface area (Å²) in [7, 11) is -4.57. The van der Waals surface area contributed by atoms with Gasteiger partial charge in [0.05, 0.1) is 12.8 Å². The number of carboxylic acid groups (broad SMARTS) is 1. The van der Waals surface area contributed by atoms with E-state index in [0.29, 0.717) is 0 Å². The Bertz CT molecular complexity index is 1100. The third kappa shape index (κ3) is 3.49. The van der Waals surface area contributed by atoms with Gasteiger partial charge in [-0.3, -0.25) is 19.2 Å². The van der Waals surface area contributed by atoms with E-state index >= 15 is 0 Å². The third-order valence-corrected chi connectivity index (χ3v) is 5.17. The molecule has 0 aliphatic heterocycles. The molecular weight excluding hydrogens is 376 g/mol. The van der Waals surface area contributed by atoms with Gasteiger partial charge >= 0.3 is 22.1 Å². The molecule has 0 saturated heterocycles. The first-order valence-corrected chi connectivity index (χ1v) is 9.13. The topological polar surface area (TPSA) is 132 Å². The van der Waals surface area contributed by atoms with Gasteiger partial charge in [-0.2, -0.15) is 8.42 Å². The second-order valence-corrected chi connectivity index (χ2v) is 7.26. The fourth-order valence-corrected chi connectivity index (χ4v) is 3.58. The number of fused-ring (bicyclic) bond motifs is 2. The summed E-state index contributed by atoms with van der Waals surface area (Å²) in [4.78, 5) is 46.6. The first-order valence-electron chi connectivity index (χ1n) is 7.72. The minimum absolute atomic E-state index is 0.0508. The largest absolute Gasteiger partial charge is 0.481 e. The van der Waals surface area contributed by atoms with Crippen molar-refractivity contribution in [1.82, 2.24) is 0 Å². The second kappa shape index (κ2) is 6.76. The Labute approximate surface area is 153 Å². The minimum Gasteiger partial charge on any atom is -0.481 e. The molecule has 0 unspecified atom stereocenters. The highest BCUT2D eigenvalue weighted by Crippen LogP contribution is 2.29. The summed E-state index contributed by atoms with van der Waals surface area (Å²) in [5.41, 5.74) is 0.324. The number of hydrogen-bond acceptors (Lipinski definition) is 7. The molecule has 0 radical (unpaired) electrons. The number of benzene rings is 2. The highest BCUT2D eigenvalue weighted by Gasteiger charge is 2.31. The van der Waals surface area contributed by atoms with Gasteiger partial charge in [0.25, 0.3) is 0 Å². The molecule has 0 fully saturated rings. The second-order valence-electron chi connectivity index (χ2n) is 5.71. The van der Waals surface area contributed by atoms with Crippen molar-refractivity contribution in [1.29, 1.82) is 0 Å². The van der Waals surface area contributed by atoms with E-state index in [1.165, 1.54) is 18.2 Å². The number of aliphatic carboxylic acids is 1. The van der Waals surface area contributed by atoms with E-state index in [-0.39, 0.29) is 22.3 Å². The van der Waals surface area contributed by atoms with Crippen LogP contribution in [0.25, 0.3) is 0 Å². The van der Waals surface area contributed by atoms with Crippen LogP contribution in [0.15, 0.2) is 47.4 Å². The van der Waals surface area contributed by atoms with Crippen LogP contribution < -0.4 is 0 Å². The van der Waals surface area contributed by atoms with Crippen molar-refractivity contribution in [2.45, 2.75) is 17.7 Å². The van der Waals surface area contributed by atoms with E-state index in [0.717, 1.165) is 12.1 Å². The molecule has 0 saturated carbocycles. The predicted octanol–water partition coefficient (Wildman–Crippen LogP) is 1.56. The quantitative estimate of drug-likeness (QED) is 0.651. The van der Waals surface area contributed by atoms with Crippen LogP contribution in [-0.4, -0.2) is 37.0 Å². The number of carbonyl (C=O) groups is 4. The van der Waals surface area contributed by atoms with Crippen LogP contribution in [0.5, 0.6) is 0 Å². The van der Waals surface area contributed by atoms with E-state index in [1.54, 1.807) is 12.1 Å². The van der Waals surface area contributed by atoms with Crippen molar-refractivity contribution in [3.63, 3.8) is 0 Å². The number of rotatable bonds is 5. The van der Waals surface area contributed by atoms with Crippen LogP contribution >= 0.6 is 0 Å². The average molecular weight is 388 g/mol. The molecule has 1 N–H and O–H groups in total. The van der Waals surface area contributed by atoms with Crippen molar-refractivity contribution in [3.05, 3.63) is 64.7 Å². The molecule has 9 heteroatoms. The van der Waals surface area contributed by atoms with Crippen LogP contribution in [0, 0.1) is 0 Å². The first kappa shape index (κ1) is 18.5. The molecular formula is C18H12O8S. The van der Waals surface area contributed by atoms with Gasteiger partial charge in [0, 0.05) is 22.3 Å². The van der Waals surface area contributed by atoms with Crippen LogP contribution in [0.4, 0.5) is 0 Å². The molecule has 1 aliphatic rings. The fraction of sp³-hybridized carbons (Fsp3) is 0.111. The molecule has 2 aromatic rings. The molecule has 0 heterocycles. The molecule has 8 nitrogen and oxygen atoms in total. The van der Waals surface area contributed by atoms with Crippen molar-refractivity contribution in [3.8, 4) is 0 Å². The van der Waals surface area contributed by atoms with Gasteiger partial charge in [-0.1, -0.05) is 24.3 Å². The Morgan fingerprint density at radius 3 is 2.00 bits per heavy atom. The highest BCUT2D eigenvalue weighted by atomic mass is 32.2. The van der Waals surface area contributed by atoms with Gasteiger partial charge in [-0.15, -0.1) is 0 Å². The van der Waals surface area contributed by atoms with Crippen molar-refractivity contribution >= 4 is 33.6 Å². The lowest BCUT2D eigenvalue weighted by molar-refractivity contribution is -0.142. The lowest BCUT2D eigenvalue weighted by Crippen LogP contribution is -2.22. The van der Waals surface area contributed by atoms with Crippen LogP contribution in [0.2, 0.25) is 0 Å². The summed E-state index contributed by atoms with van der Waals surface area (Å²) in [5.74, 6) is -3.44. The highest BCUT2D eigenvalue weighted by molar-refractivity contribution is 7.87. The number of carbonyl (C=O) groups excluding carboxylic acids is 3. The molecule has 0 bridgehead atoms. The molecule has 0 spiro atoms. The number of hydrogen-bond donors (Lipinski definition) is 1. The van der Waals surface area contributed by atoms with Gasteiger partial charge < -0.3 is 9.29 Å². The van der Waals surface area contributed by atoms with Gasteiger partial charge in [0.15, 0.2) is 11.6 Å². The smallest absolute Gasteiger partial charge is 0.341 e. The monoisotopic (exact) mass is 388 g/mol. The Morgan fingerprint density at radius 1 is 0.852 bits per heavy atom. The zero-order valence-corrected chi connectivity index (χ0v) is 14.5. The molecule has 138 valence electrons. The summed E-state index contributed by atoms with van der Waals surface area (Å²) in [6, 6.07) is 9.38. The van der Waals surface area contributed by atoms with E-state index < -0.39 is 51.4 Å². The van der Waals surface area contributed by atoms with Gasteiger partial charge in [-0.25, -0.2) is 0 Å². The molecule has 0 aromatic heterocycles. The van der Waals surface area contributed by atoms with Crippen molar-refractivity contribution in [2.24, 2.45) is 0 Å². The van der Waals surface area contributed by atoms with Crippen molar-refractivity contribution in [2.75, 3.05) is 0 Å². The average Bonchev–Trinajstić information content (AvgIpc) is 2.63. The lowest BCUT2D eigenvalue weighted by Gasteiger charge is -2.17. The summed E-state index contributed by atoms with van der Waals surface area (Å²) in [5, 5.41) is 8.52. The maximum Gasteiger partial charge on any atom is 0.341 e. The molecule has 3 rings (SSSR count). The Balaban J connectivity index is 1.94. The standard InChI is InChI=1S/C18H12O8S/c19-15(20)7-8-16(21)26-27(24,25)10-5-6-13-14(9-10)18(23)12-4-2-1-3-11(12)17(13)22/h1-6,9H,7-8H2,(H,19,20). The molecule has 0 atom stereocenters. The van der Waals surface area contributed by atoms with E-state index in [1.807, 2.05) is 0 Å². The van der Waals surface area contributed by atoms with E-state index in [4.69, 9.17) is 5.11 Å². The first-order chi connectivity index (χ1) is 12.7. The third-order valence-electron chi connectivity index (χ3n) is 3.93.